The van der Waals surface area contributed by atoms with E-state index in [1.807, 2.05) is 0 Å². The number of thiazole rings is 1. The van der Waals surface area contributed by atoms with Gasteiger partial charge in [0.05, 0.1) is 17.3 Å². The molecule has 3 rings (SSSR count). The molecule has 1 aromatic heterocycles. The monoisotopic (exact) mass is 423 g/mol. The van der Waals surface area contributed by atoms with Crippen LogP contribution in [0.1, 0.15) is 15.9 Å². The maximum Gasteiger partial charge on any atom is 0.442 e. The lowest BCUT2D eigenvalue weighted by molar-refractivity contribution is -0.203. The molecule has 0 saturated carbocycles. The first-order valence-corrected chi connectivity index (χ1v) is 9.16. The number of anilines is 1. The number of methoxy groups -OCH3 is 1. The molecule has 0 fully saturated rings. The van der Waals surface area contributed by atoms with Gasteiger partial charge in [0, 0.05) is 5.56 Å². The number of nitrogens with zero attached hydrogens (tertiary/aromatic N) is 1. The topological polar surface area (TPSA) is 80.3 Å². The smallest absolute Gasteiger partial charge is 0.442 e. The van der Waals surface area contributed by atoms with Crippen molar-refractivity contribution in [2.24, 2.45) is 0 Å². The summed E-state index contributed by atoms with van der Waals surface area (Å²) in [5.41, 5.74) is -2.29. The van der Waals surface area contributed by atoms with Crippen molar-refractivity contribution < 1.29 is 27.5 Å². The summed E-state index contributed by atoms with van der Waals surface area (Å²) in [4.78, 5) is 28.9. The van der Waals surface area contributed by atoms with Crippen LogP contribution >= 0.6 is 11.3 Å². The van der Waals surface area contributed by atoms with Crippen LogP contribution in [0.2, 0.25) is 0 Å². The predicted octanol–water partition coefficient (Wildman–Crippen LogP) is 3.88. The highest BCUT2D eigenvalue weighted by atomic mass is 32.1. The molecule has 0 aliphatic rings. The maximum absolute atomic E-state index is 14.1. The highest BCUT2D eigenvalue weighted by Crippen LogP contribution is 2.35. The van der Waals surface area contributed by atoms with Crippen LogP contribution in [0.3, 0.4) is 0 Å². The molecular weight excluding hydrogens is 407 g/mol. The predicted molar refractivity (Wildman–Crippen MR) is 103 cm³/mol. The zero-order valence-corrected chi connectivity index (χ0v) is 16.1. The Balaban J connectivity index is 2.03. The molecule has 1 amide bonds. The van der Waals surface area contributed by atoms with Crippen LogP contribution in [-0.4, -0.2) is 35.8 Å². The number of aryl methyl sites for hydroxylation is 1. The first kappa shape index (κ1) is 20.6. The number of ether oxygens (including phenoxy) is 1. The van der Waals surface area contributed by atoms with Crippen LogP contribution in [0, 0.1) is 6.92 Å². The number of nitrogens with one attached hydrogen (secondary N) is 2. The molecule has 0 unspecified atom stereocenters. The summed E-state index contributed by atoms with van der Waals surface area (Å²) in [6.45, 7) is 1.77. The summed E-state index contributed by atoms with van der Waals surface area (Å²) in [7, 11) is 0.806. The van der Waals surface area contributed by atoms with E-state index in [9.17, 15) is 22.8 Å². The van der Waals surface area contributed by atoms with Crippen LogP contribution in [-0.2, 0) is 9.53 Å². The van der Waals surface area contributed by atoms with Crippen molar-refractivity contribution in [3.05, 3.63) is 59.7 Å². The lowest BCUT2D eigenvalue weighted by atomic mass is 10.1. The molecule has 2 aromatic carbocycles. The minimum atomic E-state index is -5.22. The lowest BCUT2D eigenvalue weighted by Gasteiger charge is -2.34. The molecule has 0 saturated heterocycles. The maximum atomic E-state index is 14.1. The van der Waals surface area contributed by atoms with Crippen molar-refractivity contribution in [3.63, 3.8) is 0 Å². The third-order valence-electron chi connectivity index (χ3n) is 4.12. The second kappa shape index (κ2) is 7.70. The molecule has 0 bridgehead atoms. The first-order chi connectivity index (χ1) is 13.7. The molecule has 6 nitrogen and oxygen atoms in total. The normalized spacial score (nSPS) is 13.6. The van der Waals surface area contributed by atoms with E-state index in [0.717, 1.165) is 24.0 Å². The quantitative estimate of drug-likeness (QED) is 0.481. The number of carbonyl (C=O) groups is 2. The highest BCUT2D eigenvalue weighted by Gasteiger charge is 2.64. The number of para-hydroxylation sites is 1. The molecule has 3 aromatic rings. The molecule has 0 radical (unpaired) electrons. The number of hydrogen-bond donors (Lipinski definition) is 2. The van der Waals surface area contributed by atoms with Gasteiger partial charge in [-0.05, 0) is 31.2 Å². The SMILES string of the molecule is COC(=O)[C@](NC(=O)c1ccc(C)cc1)(Nc1nc2ccccc2s1)C(F)(F)F. The molecule has 0 aliphatic carbocycles. The van der Waals surface area contributed by atoms with E-state index in [0.29, 0.717) is 10.2 Å². The lowest BCUT2D eigenvalue weighted by Crippen LogP contribution is -2.69. The van der Waals surface area contributed by atoms with E-state index in [2.05, 4.69) is 15.0 Å². The Kier molecular flexibility index (Phi) is 5.47. The minimum absolute atomic E-state index is 0.0424. The number of fused-ring (bicyclic) bond motifs is 1. The Labute approximate surface area is 167 Å². The number of aromatic nitrogens is 1. The Hall–Kier alpha value is -3.14. The summed E-state index contributed by atoms with van der Waals surface area (Å²) in [6, 6.07) is 12.6. The largest absolute Gasteiger partial charge is 0.466 e. The van der Waals surface area contributed by atoms with Gasteiger partial charge in [-0.1, -0.05) is 41.2 Å². The summed E-state index contributed by atoms with van der Waals surface area (Å²) in [5, 5.41) is 3.63. The van der Waals surface area contributed by atoms with Crippen LogP contribution in [0.4, 0.5) is 18.3 Å². The van der Waals surface area contributed by atoms with Crippen molar-refractivity contribution >= 4 is 38.6 Å². The van der Waals surface area contributed by atoms with Gasteiger partial charge >= 0.3 is 17.8 Å². The minimum Gasteiger partial charge on any atom is -0.466 e. The molecule has 0 aliphatic heterocycles. The Morgan fingerprint density at radius 2 is 1.72 bits per heavy atom. The van der Waals surface area contributed by atoms with E-state index in [4.69, 9.17) is 0 Å². The van der Waals surface area contributed by atoms with Crippen LogP contribution < -0.4 is 10.6 Å². The number of benzene rings is 2. The summed E-state index contributed by atoms with van der Waals surface area (Å²) >= 11 is 0.912. The highest BCUT2D eigenvalue weighted by molar-refractivity contribution is 7.22. The van der Waals surface area contributed by atoms with Crippen LogP contribution in [0.25, 0.3) is 10.2 Å². The molecule has 1 heterocycles. The summed E-state index contributed by atoms with van der Waals surface area (Å²) < 4.78 is 47.3. The van der Waals surface area contributed by atoms with E-state index in [1.54, 1.807) is 48.6 Å². The van der Waals surface area contributed by atoms with E-state index >= 15 is 0 Å². The van der Waals surface area contributed by atoms with Crippen molar-refractivity contribution in [2.75, 3.05) is 12.4 Å². The fraction of sp³-hybridized carbons (Fsp3) is 0.211. The molecule has 1 atom stereocenters. The number of hydrogen-bond acceptors (Lipinski definition) is 6. The average Bonchev–Trinajstić information content (AvgIpc) is 3.08. The van der Waals surface area contributed by atoms with E-state index in [-0.39, 0.29) is 10.7 Å². The van der Waals surface area contributed by atoms with Crippen molar-refractivity contribution in [1.29, 1.82) is 0 Å². The number of alkyl halides is 3. The molecule has 2 N–H and O–H groups in total. The molecule has 29 heavy (non-hydrogen) atoms. The standard InChI is InChI=1S/C19H16F3N3O3S/c1-11-7-9-12(10-8-11)15(26)24-18(16(27)28-2,19(20,21)22)25-17-23-13-5-3-4-6-14(13)29-17/h3-10H,1-2H3,(H,23,25)(H,24,26)/t18-/m0/s1. The zero-order valence-electron chi connectivity index (χ0n) is 15.3. The van der Waals surface area contributed by atoms with Gasteiger partial charge in [0.1, 0.15) is 0 Å². The third kappa shape index (κ3) is 4.02. The summed E-state index contributed by atoms with van der Waals surface area (Å²) in [5.74, 6) is -2.81. The fourth-order valence-electron chi connectivity index (χ4n) is 2.58. The summed E-state index contributed by atoms with van der Waals surface area (Å²) in [6.07, 6.45) is -5.22. The van der Waals surface area contributed by atoms with Crippen molar-refractivity contribution in [2.45, 2.75) is 18.8 Å². The second-order valence-electron chi connectivity index (χ2n) is 6.17. The van der Waals surface area contributed by atoms with E-state index < -0.39 is 23.7 Å². The molecular formula is C19H16F3N3O3S. The number of amides is 1. The first-order valence-electron chi connectivity index (χ1n) is 8.34. The molecule has 10 heteroatoms. The zero-order chi connectivity index (χ0) is 21.2. The van der Waals surface area contributed by atoms with Gasteiger partial charge in [-0.2, -0.15) is 13.2 Å². The van der Waals surface area contributed by atoms with E-state index in [1.165, 1.54) is 12.1 Å². The Morgan fingerprint density at radius 3 is 2.31 bits per heavy atom. The van der Waals surface area contributed by atoms with Crippen LogP contribution in [0.5, 0.6) is 0 Å². The van der Waals surface area contributed by atoms with Gasteiger partial charge in [0.25, 0.3) is 5.91 Å². The second-order valence-corrected chi connectivity index (χ2v) is 7.20. The number of rotatable bonds is 5. The number of halogens is 3. The Morgan fingerprint density at radius 1 is 1.07 bits per heavy atom. The van der Waals surface area contributed by atoms with Gasteiger partial charge in [-0.25, -0.2) is 9.78 Å². The van der Waals surface area contributed by atoms with Gasteiger partial charge < -0.3 is 15.4 Å². The number of esters is 1. The number of carbonyl (C=O) groups excluding carboxylic acids is 2. The van der Waals surface area contributed by atoms with Gasteiger partial charge in [0.2, 0.25) is 0 Å². The van der Waals surface area contributed by atoms with Gasteiger partial charge in [-0.15, -0.1) is 0 Å². The van der Waals surface area contributed by atoms with Gasteiger partial charge in [-0.3, -0.25) is 4.79 Å². The van der Waals surface area contributed by atoms with Crippen molar-refractivity contribution in [3.8, 4) is 0 Å². The fourth-order valence-corrected chi connectivity index (χ4v) is 3.50. The van der Waals surface area contributed by atoms with Crippen molar-refractivity contribution in [1.82, 2.24) is 10.3 Å². The van der Waals surface area contributed by atoms with Crippen LogP contribution in [0.15, 0.2) is 48.5 Å². The third-order valence-corrected chi connectivity index (χ3v) is 5.07. The molecule has 152 valence electrons. The Bertz CT molecular complexity index is 1020. The van der Waals surface area contributed by atoms with Gasteiger partial charge in [0.15, 0.2) is 5.13 Å². The molecule has 0 spiro atoms. The average molecular weight is 423 g/mol.